The fraction of sp³-hybridized carbons (Fsp3) is 0.0526. The molecule has 2 heterocycles. The lowest BCUT2D eigenvalue weighted by atomic mass is 10.1. The van der Waals surface area contributed by atoms with Crippen LogP contribution in [0.2, 0.25) is 5.02 Å². The van der Waals surface area contributed by atoms with Crippen molar-refractivity contribution in [3.05, 3.63) is 77.1 Å². The van der Waals surface area contributed by atoms with E-state index in [-0.39, 0.29) is 5.91 Å². The van der Waals surface area contributed by atoms with Crippen molar-refractivity contribution >= 4 is 39.4 Å². The first-order valence-electron chi connectivity index (χ1n) is 7.51. The predicted molar refractivity (Wildman–Crippen MR) is 94.1 cm³/mol. The first-order valence-corrected chi connectivity index (χ1v) is 7.88. The van der Waals surface area contributed by atoms with Gasteiger partial charge < -0.3 is 9.73 Å². The molecule has 24 heavy (non-hydrogen) atoms. The molecule has 0 unspecified atom stereocenters. The Balaban J connectivity index is 1.60. The van der Waals surface area contributed by atoms with E-state index >= 15 is 0 Å². The molecule has 0 saturated heterocycles. The number of rotatable bonds is 3. The normalized spacial score (nSPS) is 11.0. The number of amides is 1. The van der Waals surface area contributed by atoms with Crippen molar-refractivity contribution in [3.63, 3.8) is 0 Å². The molecule has 1 amide bonds. The summed E-state index contributed by atoms with van der Waals surface area (Å²) in [5.74, 6) is 0.463. The van der Waals surface area contributed by atoms with Gasteiger partial charge in [-0.2, -0.15) is 0 Å². The van der Waals surface area contributed by atoms with E-state index in [4.69, 9.17) is 16.0 Å². The standard InChI is InChI=1S/C19H13ClN2O2/c20-14-8-13-5-3-7-21-18(13)16(10-14)19(23)22-11-15-9-12-4-1-2-6-17(12)24-15/h1-10H,11H2,(H,22,23). The van der Waals surface area contributed by atoms with Crippen molar-refractivity contribution in [1.82, 2.24) is 10.3 Å². The molecule has 0 atom stereocenters. The van der Waals surface area contributed by atoms with Crippen LogP contribution in [0.3, 0.4) is 0 Å². The number of carbonyl (C=O) groups is 1. The van der Waals surface area contributed by atoms with Crippen LogP contribution in [-0.2, 0) is 6.54 Å². The number of nitrogens with zero attached hydrogens (tertiary/aromatic N) is 1. The molecule has 5 heteroatoms. The highest BCUT2D eigenvalue weighted by molar-refractivity contribution is 6.32. The van der Waals surface area contributed by atoms with Crippen molar-refractivity contribution in [2.45, 2.75) is 6.54 Å². The SMILES string of the molecule is O=C(NCc1cc2ccccc2o1)c1cc(Cl)cc2cccnc12. The van der Waals surface area contributed by atoms with Gasteiger partial charge in [-0.15, -0.1) is 0 Å². The molecule has 4 aromatic rings. The Bertz CT molecular complexity index is 1020. The van der Waals surface area contributed by atoms with Crippen molar-refractivity contribution in [3.8, 4) is 0 Å². The summed E-state index contributed by atoms with van der Waals surface area (Å²) in [6, 6.07) is 16.8. The molecular weight excluding hydrogens is 324 g/mol. The lowest BCUT2D eigenvalue weighted by molar-refractivity contribution is 0.0949. The first-order chi connectivity index (χ1) is 11.7. The molecule has 4 nitrogen and oxygen atoms in total. The van der Waals surface area contributed by atoms with E-state index in [0.29, 0.717) is 28.4 Å². The number of hydrogen-bond donors (Lipinski definition) is 1. The third-order valence-electron chi connectivity index (χ3n) is 3.81. The van der Waals surface area contributed by atoms with E-state index in [1.165, 1.54) is 0 Å². The number of furan rings is 1. The number of nitrogens with one attached hydrogen (secondary N) is 1. The van der Waals surface area contributed by atoms with E-state index in [9.17, 15) is 4.79 Å². The fourth-order valence-electron chi connectivity index (χ4n) is 2.72. The van der Waals surface area contributed by atoms with E-state index in [2.05, 4.69) is 10.3 Å². The summed E-state index contributed by atoms with van der Waals surface area (Å²) in [6.45, 7) is 0.300. The Kier molecular flexibility index (Phi) is 3.67. The second-order valence-corrected chi connectivity index (χ2v) is 5.90. The van der Waals surface area contributed by atoms with Gasteiger partial charge in [0.1, 0.15) is 11.3 Å². The largest absolute Gasteiger partial charge is 0.459 e. The minimum Gasteiger partial charge on any atom is -0.459 e. The maximum atomic E-state index is 12.5. The van der Waals surface area contributed by atoms with Crippen molar-refractivity contribution in [2.75, 3.05) is 0 Å². The molecule has 0 aliphatic rings. The summed E-state index contributed by atoms with van der Waals surface area (Å²) in [7, 11) is 0. The molecule has 0 saturated carbocycles. The van der Waals surface area contributed by atoms with Gasteiger partial charge in [-0.05, 0) is 30.3 Å². The third-order valence-corrected chi connectivity index (χ3v) is 4.03. The molecule has 0 aliphatic heterocycles. The van der Waals surface area contributed by atoms with E-state index in [1.807, 2.05) is 42.5 Å². The zero-order chi connectivity index (χ0) is 16.5. The lowest BCUT2D eigenvalue weighted by Gasteiger charge is -2.07. The molecule has 4 rings (SSSR count). The van der Waals surface area contributed by atoms with Gasteiger partial charge in [0.2, 0.25) is 0 Å². The number of carbonyl (C=O) groups excluding carboxylic acids is 1. The van der Waals surface area contributed by atoms with Gasteiger partial charge in [-0.1, -0.05) is 35.9 Å². The Morgan fingerprint density at radius 3 is 2.79 bits per heavy atom. The van der Waals surface area contributed by atoms with Gasteiger partial charge in [0.05, 0.1) is 17.6 Å². The second kappa shape index (κ2) is 5.98. The topological polar surface area (TPSA) is 55.1 Å². The summed E-state index contributed by atoms with van der Waals surface area (Å²) in [5, 5.41) is 5.21. The van der Waals surface area contributed by atoms with Gasteiger partial charge in [0, 0.05) is 22.0 Å². The summed E-state index contributed by atoms with van der Waals surface area (Å²) in [5.41, 5.74) is 1.88. The average molecular weight is 337 g/mol. The highest BCUT2D eigenvalue weighted by atomic mass is 35.5. The average Bonchev–Trinajstić information content (AvgIpc) is 3.02. The summed E-state index contributed by atoms with van der Waals surface area (Å²) >= 11 is 6.11. The maximum absolute atomic E-state index is 12.5. The summed E-state index contributed by atoms with van der Waals surface area (Å²) in [6.07, 6.45) is 1.66. The zero-order valence-corrected chi connectivity index (χ0v) is 13.4. The van der Waals surface area contributed by atoms with Gasteiger partial charge in [0.25, 0.3) is 5.91 Å². The number of halogens is 1. The Labute approximate surface area is 143 Å². The van der Waals surface area contributed by atoms with Crippen LogP contribution in [0.5, 0.6) is 0 Å². The van der Waals surface area contributed by atoms with E-state index in [0.717, 1.165) is 16.4 Å². The smallest absolute Gasteiger partial charge is 0.253 e. The van der Waals surface area contributed by atoms with Gasteiger partial charge in [-0.25, -0.2) is 0 Å². The van der Waals surface area contributed by atoms with Crippen LogP contribution in [0.4, 0.5) is 0 Å². The number of hydrogen-bond acceptors (Lipinski definition) is 3. The number of aromatic nitrogens is 1. The maximum Gasteiger partial charge on any atom is 0.253 e. The van der Waals surface area contributed by atoms with E-state index in [1.54, 1.807) is 18.3 Å². The van der Waals surface area contributed by atoms with Gasteiger partial charge in [-0.3, -0.25) is 9.78 Å². The van der Waals surface area contributed by atoms with Crippen LogP contribution in [0.25, 0.3) is 21.9 Å². The van der Waals surface area contributed by atoms with Crippen molar-refractivity contribution < 1.29 is 9.21 Å². The Hall–Kier alpha value is -2.85. The number of benzene rings is 2. The molecule has 0 radical (unpaired) electrons. The highest BCUT2D eigenvalue weighted by Crippen LogP contribution is 2.23. The molecule has 2 aromatic heterocycles. The molecule has 0 bridgehead atoms. The Morgan fingerprint density at radius 1 is 1.08 bits per heavy atom. The monoisotopic (exact) mass is 336 g/mol. The van der Waals surface area contributed by atoms with Crippen LogP contribution in [0.15, 0.2) is 65.2 Å². The van der Waals surface area contributed by atoms with Gasteiger partial charge in [0.15, 0.2) is 0 Å². The minimum atomic E-state index is -0.235. The van der Waals surface area contributed by atoms with Crippen LogP contribution < -0.4 is 5.32 Å². The predicted octanol–water partition coefficient (Wildman–Crippen LogP) is 4.56. The summed E-state index contributed by atoms with van der Waals surface area (Å²) in [4.78, 5) is 16.8. The molecule has 0 aliphatic carbocycles. The number of para-hydroxylation sites is 1. The molecule has 0 spiro atoms. The molecule has 0 fully saturated rings. The Morgan fingerprint density at radius 2 is 1.92 bits per heavy atom. The lowest BCUT2D eigenvalue weighted by Crippen LogP contribution is -2.23. The van der Waals surface area contributed by atoms with Crippen LogP contribution in [0, 0.1) is 0 Å². The van der Waals surface area contributed by atoms with Gasteiger partial charge >= 0.3 is 0 Å². The zero-order valence-electron chi connectivity index (χ0n) is 12.6. The van der Waals surface area contributed by atoms with E-state index < -0.39 is 0 Å². The van der Waals surface area contributed by atoms with Crippen molar-refractivity contribution in [2.24, 2.45) is 0 Å². The van der Waals surface area contributed by atoms with Crippen molar-refractivity contribution in [1.29, 1.82) is 0 Å². The second-order valence-electron chi connectivity index (χ2n) is 5.46. The molecular formula is C19H13ClN2O2. The van der Waals surface area contributed by atoms with Crippen LogP contribution in [-0.4, -0.2) is 10.9 Å². The van der Waals surface area contributed by atoms with Crippen LogP contribution in [0.1, 0.15) is 16.1 Å². The molecule has 1 N–H and O–H groups in total. The molecule has 2 aromatic carbocycles. The highest BCUT2D eigenvalue weighted by Gasteiger charge is 2.13. The quantitative estimate of drug-likeness (QED) is 0.596. The fourth-order valence-corrected chi connectivity index (χ4v) is 2.94. The first kappa shape index (κ1) is 14.7. The minimum absolute atomic E-state index is 0.235. The number of pyridine rings is 1. The summed E-state index contributed by atoms with van der Waals surface area (Å²) < 4.78 is 5.71. The number of fused-ring (bicyclic) bond motifs is 2. The third kappa shape index (κ3) is 2.72. The van der Waals surface area contributed by atoms with Crippen LogP contribution >= 0.6 is 11.6 Å². The molecule has 118 valence electrons.